The van der Waals surface area contributed by atoms with E-state index in [0.29, 0.717) is 25.6 Å². The molecule has 6 nitrogen and oxygen atoms in total. The number of hydrogen-bond acceptors (Lipinski definition) is 5. The van der Waals surface area contributed by atoms with E-state index in [2.05, 4.69) is 4.98 Å². The quantitative estimate of drug-likeness (QED) is 0.863. The summed E-state index contributed by atoms with van der Waals surface area (Å²) in [6.45, 7) is 1.45. The van der Waals surface area contributed by atoms with Crippen molar-refractivity contribution in [3.8, 4) is 11.6 Å². The second-order valence-corrected chi connectivity index (χ2v) is 4.79. The standard InChI is InChI=1S/C15H16N2O4/c1-19-6-5-17-9-11-7-10-3-4-12(20-2)8-13(10)16-14(11)21-15(17)18/h3-4,7-8H,5-6,9H2,1-2H3. The summed E-state index contributed by atoms with van der Waals surface area (Å²) in [6, 6.07) is 7.63. The molecule has 2 aromatic rings. The predicted octanol–water partition coefficient (Wildman–Crippen LogP) is 2.20. The zero-order valence-corrected chi connectivity index (χ0v) is 12.0. The van der Waals surface area contributed by atoms with Crippen LogP contribution in [-0.2, 0) is 11.3 Å². The molecule has 0 N–H and O–H groups in total. The number of benzene rings is 1. The van der Waals surface area contributed by atoms with E-state index in [1.54, 1.807) is 19.1 Å². The molecule has 2 heterocycles. The van der Waals surface area contributed by atoms with Crippen LogP contribution in [0.2, 0.25) is 0 Å². The van der Waals surface area contributed by atoms with E-state index in [1.807, 2.05) is 24.3 Å². The second kappa shape index (κ2) is 5.57. The monoisotopic (exact) mass is 288 g/mol. The fraction of sp³-hybridized carbons (Fsp3) is 0.333. The van der Waals surface area contributed by atoms with Gasteiger partial charge in [-0.1, -0.05) is 0 Å². The number of hydrogen-bond donors (Lipinski definition) is 0. The molecule has 0 saturated heterocycles. The number of amides is 1. The van der Waals surface area contributed by atoms with Crippen molar-refractivity contribution >= 4 is 17.0 Å². The Balaban J connectivity index is 1.95. The van der Waals surface area contributed by atoms with Gasteiger partial charge in [-0.05, 0) is 18.2 Å². The van der Waals surface area contributed by atoms with Crippen LogP contribution in [0.4, 0.5) is 4.79 Å². The van der Waals surface area contributed by atoms with Crippen molar-refractivity contribution < 1.29 is 19.0 Å². The third-order valence-corrected chi connectivity index (χ3v) is 3.43. The average Bonchev–Trinajstić information content (AvgIpc) is 2.50. The Morgan fingerprint density at radius 1 is 1.33 bits per heavy atom. The Kier molecular flexibility index (Phi) is 3.62. The zero-order valence-electron chi connectivity index (χ0n) is 12.0. The SMILES string of the molecule is COCCN1Cc2cc3ccc(OC)cc3nc2OC1=O. The first kappa shape index (κ1) is 13.6. The van der Waals surface area contributed by atoms with Gasteiger partial charge in [0, 0.05) is 30.7 Å². The van der Waals surface area contributed by atoms with Gasteiger partial charge in [0.05, 0.1) is 25.8 Å². The Labute approximate surface area is 122 Å². The summed E-state index contributed by atoms with van der Waals surface area (Å²) < 4.78 is 15.5. The maximum atomic E-state index is 11.9. The summed E-state index contributed by atoms with van der Waals surface area (Å²) in [5, 5.41) is 0.985. The summed E-state index contributed by atoms with van der Waals surface area (Å²) in [7, 11) is 3.21. The molecule has 6 heteroatoms. The lowest BCUT2D eigenvalue weighted by molar-refractivity contribution is 0.110. The van der Waals surface area contributed by atoms with Crippen LogP contribution in [0.3, 0.4) is 0 Å². The molecule has 1 aromatic carbocycles. The molecule has 0 atom stereocenters. The fourth-order valence-corrected chi connectivity index (χ4v) is 2.29. The van der Waals surface area contributed by atoms with Gasteiger partial charge < -0.3 is 19.1 Å². The van der Waals surface area contributed by atoms with Gasteiger partial charge >= 0.3 is 6.09 Å². The zero-order chi connectivity index (χ0) is 14.8. The normalized spacial score (nSPS) is 14.0. The smallest absolute Gasteiger partial charge is 0.416 e. The van der Waals surface area contributed by atoms with Crippen molar-refractivity contribution in [3.63, 3.8) is 0 Å². The Hall–Kier alpha value is -2.34. The number of carbonyl (C=O) groups is 1. The fourth-order valence-electron chi connectivity index (χ4n) is 2.29. The lowest BCUT2D eigenvalue weighted by Gasteiger charge is -2.27. The molecule has 1 aliphatic rings. The number of aromatic nitrogens is 1. The van der Waals surface area contributed by atoms with E-state index in [4.69, 9.17) is 14.2 Å². The summed E-state index contributed by atoms with van der Waals surface area (Å²) >= 11 is 0. The number of rotatable bonds is 4. The predicted molar refractivity (Wildman–Crippen MR) is 76.6 cm³/mol. The third-order valence-electron chi connectivity index (χ3n) is 3.43. The molecule has 0 bridgehead atoms. The van der Waals surface area contributed by atoms with Gasteiger partial charge in [0.1, 0.15) is 5.75 Å². The van der Waals surface area contributed by atoms with E-state index in [0.717, 1.165) is 22.2 Å². The van der Waals surface area contributed by atoms with Gasteiger partial charge in [-0.25, -0.2) is 9.78 Å². The van der Waals surface area contributed by atoms with E-state index in [-0.39, 0.29) is 0 Å². The van der Waals surface area contributed by atoms with Gasteiger partial charge in [0.2, 0.25) is 5.88 Å². The molecular weight excluding hydrogens is 272 g/mol. The van der Waals surface area contributed by atoms with E-state index < -0.39 is 6.09 Å². The van der Waals surface area contributed by atoms with Crippen LogP contribution in [0, 0.1) is 0 Å². The maximum Gasteiger partial charge on any atom is 0.416 e. The lowest BCUT2D eigenvalue weighted by Crippen LogP contribution is -2.39. The number of ether oxygens (including phenoxy) is 3. The Morgan fingerprint density at radius 3 is 2.95 bits per heavy atom. The van der Waals surface area contributed by atoms with Crippen molar-refractivity contribution in [2.75, 3.05) is 27.4 Å². The highest BCUT2D eigenvalue weighted by molar-refractivity contribution is 5.83. The van der Waals surface area contributed by atoms with Crippen molar-refractivity contribution in [2.24, 2.45) is 0 Å². The highest BCUT2D eigenvalue weighted by Gasteiger charge is 2.26. The Bertz CT molecular complexity index is 687. The molecule has 0 fully saturated rings. The highest BCUT2D eigenvalue weighted by Crippen LogP contribution is 2.29. The van der Waals surface area contributed by atoms with Crippen LogP contribution in [0.1, 0.15) is 5.56 Å². The largest absolute Gasteiger partial charge is 0.497 e. The molecule has 110 valence electrons. The first-order valence-electron chi connectivity index (χ1n) is 6.64. The van der Waals surface area contributed by atoms with Gasteiger partial charge in [-0.3, -0.25) is 0 Å². The molecule has 1 amide bonds. The van der Waals surface area contributed by atoms with Crippen LogP contribution in [-0.4, -0.2) is 43.3 Å². The van der Waals surface area contributed by atoms with Gasteiger partial charge in [0.15, 0.2) is 0 Å². The number of nitrogens with zero attached hydrogens (tertiary/aromatic N) is 2. The number of pyridine rings is 1. The first-order valence-corrected chi connectivity index (χ1v) is 6.64. The summed E-state index contributed by atoms with van der Waals surface area (Å²) in [5.74, 6) is 1.09. The highest BCUT2D eigenvalue weighted by atomic mass is 16.6. The number of fused-ring (bicyclic) bond motifs is 2. The maximum absolute atomic E-state index is 11.9. The number of methoxy groups -OCH3 is 2. The van der Waals surface area contributed by atoms with Crippen LogP contribution in [0.15, 0.2) is 24.3 Å². The summed E-state index contributed by atoms with van der Waals surface area (Å²) in [6.07, 6.45) is -0.394. The Morgan fingerprint density at radius 2 is 2.19 bits per heavy atom. The molecule has 0 radical (unpaired) electrons. The molecule has 0 unspecified atom stereocenters. The topological polar surface area (TPSA) is 60.9 Å². The third kappa shape index (κ3) is 2.62. The van der Waals surface area contributed by atoms with Crippen molar-refractivity contribution in [1.29, 1.82) is 0 Å². The first-order chi connectivity index (χ1) is 10.2. The lowest BCUT2D eigenvalue weighted by atomic mass is 10.1. The van der Waals surface area contributed by atoms with Crippen molar-refractivity contribution in [2.45, 2.75) is 6.54 Å². The summed E-state index contributed by atoms with van der Waals surface area (Å²) in [5.41, 5.74) is 1.63. The van der Waals surface area contributed by atoms with E-state index in [9.17, 15) is 4.79 Å². The van der Waals surface area contributed by atoms with Crippen LogP contribution in [0.25, 0.3) is 10.9 Å². The van der Waals surface area contributed by atoms with E-state index >= 15 is 0 Å². The van der Waals surface area contributed by atoms with Crippen LogP contribution >= 0.6 is 0 Å². The molecule has 0 spiro atoms. The molecule has 1 aliphatic heterocycles. The van der Waals surface area contributed by atoms with Crippen molar-refractivity contribution in [3.05, 3.63) is 29.8 Å². The van der Waals surface area contributed by atoms with Gasteiger partial charge in [0.25, 0.3) is 0 Å². The minimum absolute atomic E-state index is 0.370. The molecular formula is C15H16N2O4. The average molecular weight is 288 g/mol. The van der Waals surface area contributed by atoms with Crippen LogP contribution < -0.4 is 9.47 Å². The molecule has 3 rings (SSSR count). The van der Waals surface area contributed by atoms with Gasteiger partial charge in [-0.15, -0.1) is 0 Å². The molecule has 0 aliphatic carbocycles. The van der Waals surface area contributed by atoms with Gasteiger partial charge in [-0.2, -0.15) is 0 Å². The summed E-state index contributed by atoms with van der Waals surface area (Å²) in [4.78, 5) is 17.9. The molecule has 1 aromatic heterocycles. The van der Waals surface area contributed by atoms with E-state index in [1.165, 1.54) is 0 Å². The number of carbonyl (C=O) groups excluding carboxylic acids is 1. The molecule has 21 heavy (non-hydrogen) atoms. The van der Waals surface area contributed by atoms with Crippen LogP contribution in [0.5, 0.6) is 11.6 Å². The molecule has 0 saturated carbocycles. The minimum atomic E-state index is -0.394. The second-order valence-electron chi connectivity index (χ2n) is 4.79. The minimum Gasteiger partial charge on any atom is -0.497 e. The van der Waals surface area contributed by atoms with Crippen molar-refractivity contribution in [1.82, 2.24) is 9.88 Å².